The molecule has 1 aromatic heterocycles. The summed E-state index contributed by atoms with van der Waals surface area (Å²) in [5.74, 6) is -0.601. The van der Waals surface area contributed by atoms with E-state index in [1.54, 1.807) is 28.4 Å². The van der Waals surface area contributed by atoms with Crippen LogP contribution in [0.15, 0.2) is 35.7 Å². The van der Waals surface area contributed by atoms with E-state index in [-0.39, 0.29) is 36.8 Å². The minimum absolute atomic E-state index is 0.0210. The van der Waals surface area contributed by atoms with E-state index in [0.717, 1.165) is 24.0 Å². The first-order valence-corrected chi connectivity index (χ1v) is 10.3. The summed E-state index contributed by atoms with van der Waals surface area (Å²) in [6.07, 6.45) is 1.55. The molecule has 28 heavy (non-hydrogen) atoms. The molecular weight excluding hydrogens is 379 g/mol. The summed E-state index contributed by atoms with van der Waals surface area (Å²) in [5, 5.41) is 2.03. The summed E-state index contributed by atoms with van der Waals surface area (Å²) in [4.78, 5) is 30.1. The van der Waals surface area contributed by atoms with Gasteiger partial charge in [0.15, 0.2) is 0 Å². The number of methoxy groups -OCH3 is 1. The molecule has 2 aromatic rings. The Bertz CT molecular complexity index is 821. The number of amides is 2. The van der Waals surface area contributed by atoms with Crippen LogP contribution in [0.2, 0.25) is 0 Å². The highest BCUT2D eigenvalue weighted by Crippen LogP contribution is 2.37. The molecule has 0 unspecified atom stereocenters. The summed E-state index contributed by atoms with van der Waals surface area (Å²) in [5.41, 5.74) is 1.96. The van der Waals surface area contributed by atoms with Gasteiger partial charge in [-0.25, -0.2) is 4.39 Å². The van der Waals surface area contributed by atoms with Gasteiger partial charge in [0.1, 0.15) is 12.4 Å². The number of fused-ring (bicyclic) bond motifs is 1. The minimum Gasteiger partial charge on any atom is -0.375 e. The highest BCUT2D eigenvalue weighted by molar-refractivity contribution is 7.10. The molecule has 0 aliphatic carbocycles. The largest absolute Gasteiger partial charge is 0.375 e. The van der Waals surface area contributed by atoms with Gasteiger partial charge in [-0.3, -0.25) is 9.59 Å². The second kappa shape index (κ2) is 9.30. The molecule has 1 aliphatic rings. The predicted molar refractivity (Wildman–Crippen MR) is 107 cm³/mol. The van der Waals surface area contributed by atoms with Crippen molar-refractivity contribution in [2.24, 2.45) is 0 Å². The summed E-state index contributed by atoms with van der Waals surface area (Å²) >= 11 is 1.68. The highest BCUT2D eigenvalue weighted by atomic mass is 32.1. The molecule has 7 heteroatoms. The zero-order chi connectivity index (χ0) is 20.1. The lowest BCUT2D eigenvalue weighted by molar-refractivity contribution is -0.143. The van der Waals surface area contributed by atoms with Crippen molar-refractivity contribution in [3.63, 3.8) is 0 Å². The molecule has 2 heterocycles. The Balaban J connectivity index is 1.87. The number of hydrogen-bond acceptors (Lipinski definition) is 4. The fraction of sp³-hybridized carbons (Fsp3) is 0.429. The number of halogens is 1. The number of benzene rings is 1. The van der Waals surface area contributed by atoms with Gasteiger partial charge < -0.3 is 14.5 Å². The standard InChI is InChI=1S/C21H25FN2O3S/c1-3-10-23(20(26)14-27-2)13-19(25)24-11-8-18-17(9-12-28-18)21(24)15-4-6-16(22)7-5-15/h4-7,9,12,21H,3,8,10-11,13-14H2,1-2H3/t21-/m1/s1. The number of nitrogens with zero attached hydrogens (tertiary/aromatic N) is 2. The zero-order valence-corrected chi connectivity index (χ0v) is 17.0. The van der Waals surface area contributed by atoms with Crippen LogP contribution >= 0.6 is 11.3 Å². The van der Waals surface area contributed by atoms with Crippen LogP contribution in [0.25, 0.3) is 0 Å². The summed E-state index contributed by atoms with van der Waals surface area (Å²) < 4.78 is 18.4. The lowest BCUT2D eigenvalue weighted by Crippen LogP contribution is -2.47. The van der Waals surface area contributed by atoms with Crippen LogP contribution in [-0.2, 0) is 20.7 Å². The Morgan fingerprint density at radius 3 is 2.71 bits per heavy atom. The summed E-state index contributed by atoms with van der Waals surface area (Å²) in [6.45, 7) is 3.04. The molecule has 0 saturated carbocycles. The Hall–Kier alpha value is -2.25. The van der Waals surface area contributed by atoms with Crippen LogP contribution in [0.1, 0.15) is 35.4 Å². The van der Waals surface area contributed by atoms with Crippen LogP contribution < -0.4 is 0 Å². The first kappa shape index (κ1) is 20.5. The Morgan fingerprint density at radius 1 is 1.29 bits per heavy atom. The average molecular weight is 405 g/mol. The maximum atomic E-state index is 13.4. The fourth-order valence-electron chi connectivity index (χ4n) is 3.62. The van der Waals surface area contributed by atoms with Gasteiger partial charge in [0.25, 0.3) is 0 Å². The fourth-order valence-corrected chi connectivity index (χ4v) is 4.52. The smallest absolute Gasteiger partial charge is 0.249 e. The summed E-state index contributed by atoms with van der Waals surface area (Å²) in [6, 6.07) is 8.07. The third kappa shape index (κ3) is 4.42. The maximum Gasteiger partial charge on any atom is 0.249 e. The number of ether oxygens (including phenoxy) is 1. The monoisotopic (exact) mass is 404 g/mol. The average Bonchev–Trinajstić information content (AvgIpc) is 3.16. The molecule has 150 valence electrons. The zero-order valence-electron chi connectivity index (χ0n) is 16.2. The third-order valence-electron chi connectivity index (χ3n) is 4.91. The lowest BCUT2D eigenvalue weighted by Gasteiger charge is -2.37. The van der Waals surface area contributed by atoms with E-state index < -0.39 is 0 Å². The second-order valence-corrected chi connectivity index (χ2v) is 7.84. The van der Waals surface area contributed by atoms with Crippen molar-refractivity contribution in [2.45, 2.75) is 25.8 Å². The van der Waals surface area contributed by atoms with E-state index in [2.05, 4.69) is 0 Å². The van der Waals surface area contributed by atoms with Gasteiger partial charge in [0.05, 0.1) is 12.6 Å². The van der Waals surface area contributed by atoms with E-state index in [9.17, 15) is 14.0 Å². The van der Waals surface area contributed by atoms with Gasteiger partial charge in [-0.1, -0.05) is 19.1 Å². The van der Waals surface area contributed by atoms with Gasteiger partial charge in [0, 0.05) is 25.1 Å². The summed E-state index contributed by atoms with van der Waals surface area (Å²) in [7, 11) is 1.47. The molecule has 5 nitrogen and oxygen atoms in total. The molecule has 3 rings (SSSR count). The van der Waals surface area contributed by atoms with Crippen molar-refractivity contribution >= 4 is 23.2 Å². The Labute approximate surface area is 168 Å². The third-order valence-corrected chi connectivity index (χ3v) is 5.91. The first-order valence-electron chi connectivity index (χ1n) is 9.43. The second-order valence-electron chi connectivity index (χ2n) is 6.84. The van der Waals surface area contributed by atoms with E-state index in [0.29, 0.717) is 13.1 Å². The molecule has 0 spiro atoms. The molecule has 0 radical (unpaired) electrons. The normalized spacial score (nSPS) is 16.0. The number of carbonyl (C=O) groups is 2. The van der Waals surface area contributed by atoms with Gasteiger partial charge in [-0.05, 0) is 47.5 Å². The van der Waals surface area contributed by atoms with Crippen molar-refractivity contribution in [2.75, 3.05) is 33.4 Å². The number of carbonyl (C=O) groups excluding carboxylic acids is 2. The molecular formula is C21H25FN2O3S. The van der Waals surface area contributed by atoms with Gasteiger partial charge >= 0.3 is 0 Å². The van der Waals surface area contributed by atoms with Crippen LogP contribution in [0.5, 0.6) is 0 Å². The first-order chi connectivity index (χ1) is 13.5. The Kier molecular flexibility index (Phi) is 6.80. The van der Waals surface area contributed by atoms with Gasteiger partial charge in [-0.15, -0.1) is 11.3 Å². The number of hydrogen-bond donors (Lipinski definition) is 0. The minimum atomic E-state index is -0.303. The van der Waals surface area contributed by atoms with Crippen molar-refractivity contribution < 1.29 is 18.7 Å². The van der Waals surface area contributed by atoms with Crippen molar-refractivity contribution in [3.8, 4) is 0 Å². The van der Waals surface area contributed by atoms with Crippen LogP contribution in [0.3, 0.4) is 0 Å². The topological polar surface area (TPSA) is 49.9 Å². The van der Waals surface area contributed by atoms with Crippen LogP contribution in [0.4, 0.5) is 4.39 Å². The quantitative estimate of drug-likeness (QED) is 0.712. The van der Waals surface area contributed by atoms with Crippen LogP contribution in [0, 0.1) is 5.82 Å². The molecule has 2 amide bonds. The van der Waals surface area contributed by atoms with Gasteiger partial charge in [-0.2, -0.15) is 0 Å². The van der Waals surface area contributed by atoms with E-state index in [1.165, 1.54) is 24.1 Å². The molecule has 1 atom stereocenters. The van der Waals surface area contributed by atoms with Crippen molar-refractivity contribution in [1.29, 1.82) is 0 Å². The van der Waals surface area contributed by atoms with E-state index >= 15 is 0 Å². The van der Waals surface area contributed by atoms with Crippen molar-refractivity contribution in [3.05, 3.63) is 57.5 Å². The molecule has 0 N–H and O–H groups in total. The maximum absolute atomic E-state index is 13.4. The molecule has 1 aromatic carbocycles. The molecule has 0 bridgehead atoms. The van der Waals surface area contributed by atoms with Crippen molar-refractivity contribution in [1.82, 2.24) is 9.80 Å². The van der Waals surface area contributed by atoms with E-state index in [4.69, 9.17) is 4.74 Å². The number of rotatable bonds is 7. The highest BCUT2D eigenvalue weighted by Gasteiger charge is 2.33. The molecule has 0 fully saturated rings. The van der Waals surface area contributed by atoms with Crippen LogP contribution in [-0.4, -0.2) is 55.0 Å². The molecule has 0 saturated heterocycles. The van der Waals surface area contributed by atoms with E-state index in [1.807, 2.05) is 23.3 Å². The Morgan fingerprint density at radius 2 is 2.04 bits per heavy atom. The lowest BCUT2D eigenvalue weighted by atomic mass is 9.93. The van der Waals surface area contributed by atoms with Gasteiger partial charge in [0.2, 0.25) is 11.8 Å². The molecule has 1 aliphatic heterocycles. The SMILES string of the molecule is CCCN(CC(=O)N1CCc2sccc2[C@H]1c1ccc(F)cc1)C(=O)COC. The predicted octanol–water partition coefficient (Wildman–Crippen LogP) is 3.25. The number of thiophene rings is 1.